The number of carbonyl (C=O) groups excluding carboxylic acids is 1. The lowest BCUT2D eigenvalue weighted by Gasteiger charge is -2.44. The summed E-state index contributed by atoms with van der Waals surface area (Å²) in [6.45, 7) is 1.07. The first-order valence-electron chi connectivity index (χ1n) is 7.47. The van der Waals surface area contributed by atoms with E-state index >= 15 is 0 Å². The molecule has 1 amide bonds. The molecule has 2 atom stereocenters. The maximum atomic E-state index is 12.9. The molecule has 2 aliphatic heterocycles. The molecule has 0 N–H and O–H groups in total. The average molecular weight is 340 g/mol. The molecule has 0 unspecified atom stereocenters. The number of benzene rings is 1. The van der Waals surface area contributed by atoms with E-state index in [2.05, 4.69) is 0 Å². The van der Waals surface area contributed by atoms with Gasteiger partial charge < -0.3 is 14.4 Å². The third-order valence-corrected chi connectivity index (χ3v) is 6.43. The van der Waals surface area contributed by atoms with Gasteiger partial charge in [-0.05, 0) is 18.6 Å². The lowest BCUT2D eigenvalue weighted by atomic mass is 9.92. The van der Waals surface area contributed by atoms with Crippen LogP contribution in [0.25, 0.3) is 0 Å². The van der Waals surface area contributed by atoms with Crippen LogP contribution in [0.4, 0.5) is 4.79 Å². The minimum Gasteiger partial charge on any atom is -0.497 e. The van der Waals surface area contributed by atoms with E-state index in [0.29, 0.717) is 25.3 Å². The highest BCUT2D eigenvalue weighted by Gasteiger charge is 2.42. The molecule has 2 fully saturated rings. The van der Waals surface area contributed by atoms with Crippen LogP contribution in [-0.4, -0.2) is 63.6 Å². The molecule has 0 aromatic heterocycles. The Morgan fingerprint density at radius 2 is 2.13 bits per heavy atom. The molecule has 7 nitrogen and oxygen atoms in total. The number of sulfonamides is 1. The van der Waals surface area contributed by atoms with E-state index in [1.54, 1.807) is 25.2 Å². The van der Waals surface area contributed by atoms with Crippen LogP contribution in [0, 0.1) is 5.92 Å². The predicted octanol–water partition coefficient (Wildman–Crippen LogP) is 1.16. The highest BCUT2D eigenvalue weighted by atomic mass is 32.2. The van der Waals surface area contributed by atoms with E-state index in [1.807, 2.05) is 0 Å². The van der Waals surface area contributed by atoms with Gasteiger partial charge in [0.2, 0.25) is 10.0 Å². The molecule has 0 radical (unpaired) electrons. The van der Waals surface area contributed by atoms with Crippen LogP contribution in [0.1, 0.15) is 6.42 Å². The van der Waals surface area contributed by atoms with Crippen LogP contribution < -0.4 is 4.74 Å². The summed E-state index contributed by atoms with van der Waals surface area (Å²) in [6.07, 6.45) is 0.276. The van der Waals surface area contributed by atoms with Crippen LogP contribution in [0.3, 0.4) is 0 Å². The molecular formula is C15H20N2O5S. The average Bonchev–Trinajstić information content (AvgIpc) is 2.58. The van der Waals surface area contributed by atoms with E-state index in [9.17, 15) is 13.2 Å². The highest BCUT2D eigenvalue weighted by molar-refractivity contribution is 7.89. The van der Waals surface area contributed by atoms with Crippen LogP contribution in [0.2, 0.25) is 0 Å². The number of carbonyl (C=O) groups is 1. The Morgan fingerprint density at radius 1 is 1.35 bits per heavy atom. The SMILES string of the molecule is COc1cccc(S(=O)(=O)N2CC[C@H]3COC(=O)N(C)[C@@H]3C2)c1. The maximum Gasteiger partial charge on any atom is 0.409 e. The Kier molecular flexibility index (Phi) is 4.20. The van der Waals surface area contributed by atoms with Gasteiger partial charge in [-0.3, -0.25) is 0 Å². The molecule has 2 saturated heterocycles. The molecule has 23 heavy (non-hydrogen) atoms. The van der Waals surface area contributed by atoms with Gasteiger partial charge in [-0.15, -0.1) is 0 Å². The molecule has 0 aliphatic carbocycles. The summed E-state index contributed by atoms with van der Waals surface area (Å²) in [5.41, 5.74) is 0. The Bertz CT molecular complexity index is 706. The van der Waals surface area contributed by atoms with E-state index < -0.39 is 16.1 Å². The second kappa shape index (κ2) is 6.01. The van der Waals surface area contributed by atoms with Crippen LogP contribution in [0.15, 0.2) is 29.2 Å². The lowest BCUT2D eigenvalue weighted by Crippen LogP contribution is -2.58. The fraction of sp³-hybridized carbons (Fsp3) is 0.533. The Morgan fingerprint density at radius 3 is 2.87 bits per heavy atom. The Labute approximate surface area is 135 Å². The van der Waals surface area contributed by atoms with Gasteiger partial charge in [-0.1, -0.05) is 6.07 Å². The summed E-state index contributed by atoms with van der Waals surface area (Å²) in [6, 6.07) is 6.28. The van der Waals surface area contributed by atoms with Crippen molar-refractivity contribution < 1.29 is 22.7 Å². The number of ether oxygens (including phenoxy) is 2. The number of hydrogen-bond acceptors (Lipinski definition) is 5. The van der Waals surface area contributed by atoms with Gasteiger partial charge in [0.1, 0.15) is 5.75 Å². The van der Waals surface area contributed by atoms with Gasteiger partial charge in [0.05, 0.1) is 24.7 Å². The van der Waals surface area contributed by atoms with E-state index in [-0.39, 0.29) is 23.4 Å². The quantitative estimate of drug-likeness (QED) is 0.825. The van der Waals surface area contributed by atoms with Crippen molar-refractivity contribution in [1.82, 2.24) is 9.21 Å². The third-order valence-electron chi connectivity index (χ3n) is 4.57. The fourth-order valence-corrected chi connectivity index (χ4v) is 4.64. The minimum absolute atomic E-state index is 0.148. The number of methoxy groups -OCH3 is 1. The smallest absolute Gasteiger partial charge is 0.409 e. The normalized spacial score (nSPS) is 25.7. The topological polar surface area (TPSA) is 76.1 Å². The zero-order chi connectivity index (χ0) is 16.6. The van der Waals surface area contributed by atoms with Crippen molar-refractivity contribution in [3.05, 3.63) is 24.3 Å². The molecule has 0 saturated carbocycles. The van der Waals surface area contributed by atoms with Crippen molar-refractivity contribution >= 4 is 16.1 Å². The number of hydrogen-bond donors (Lipinski definition) is 0. The van der Waals surface area contributed by atoms with Crippen LogP contribution in [0.5, 0.6) is 5.75 Å². The number of nitrogens with zero attached hydrogens (tertiary/aromatic N) is 2. The van der Waals surface area contributed by atoms with E-state index in [1.165, 1.54) is 22.4 Å². The summed E-state index contributed by atoms with van der Waals surface area (Å²) in [5.74, 6) is 0.675. The number of cyclic esters (lactones) is 1. The molecule has 1 aromatic rings. The van der Waals surface area contributed by atoms with Crippen molar-refractivity contribution in [3.63, 3.8) is 0 Å². The number of likely N-dealkylation sites (N-methyl/N-ethyl adjacent to an activating group) is 1. The monoisotopic (exact) mass is 340 g/mol. The molecule has 2 heterocycles. The van der Waals surface area contributed by atoms with Crippen molar-refractivity contribution in [2.75, 3.05) is 33.9 Å². The fourth-order valence-electron chi connectivity index (χ4n) is 3.13. The molecule has 0 spiro atoms. The first-order chi connectivity index (χ1) is 10.9. The molecule has 3 rings (SSSR count). The molecule has 1 aromatic carbocycles. The minimum atomic E-state index is -3.61. The van der Waals surface area contributed by atoms with Crippen LogP contribution >= 0.6 is 0 Å². The summed E-state index contributed by atoms with van der Waals surface area (Å²) in [4.78, 5) is 13.4. The van der Waals surface area contributed by atoms with Crippen molar-refractivity contribution in [2.24, 2.45) is 5.92 Å². The van der Waals surface area contributed by atoms with Crippen molar-refractivity contribution in [3.8, 4) is 5.75 Å². The van der Waals surface area contributed by atoms with Gasteiger partial charge in [0.15, 0.2) is 0 Å². The number of amides is 1. The first kappa shape index (κ1) is 16.1. The van der Waals surface area contributed by atoms with E-state index in [0.717, 1.165) is 0 Å². The van der Waals surface area contributed by atoms with Crippen molar-refractivity contribution in [2.45, 2.75) is 17.4 Å². The van der Waals surface area contributed by atoms with Gasteiger partial charge in [0, 0.05) is 32.1 Å². The van der Waals surface area contributed by atoms with Gasteiger partial charge in [-0.25, -0.2) is 13.2 Å². The molecule has 126 valence electrons. The summed E-state index contributed by atoms with van der Waals surface area (Å²) >= 11 is 0. The second-order valence-electron chi connectivity index (χ2n) is 5.85. The second-order valence-corrected chi connectivity index (χ2v) is 7.78. The number of rotatable bonds is 3. The molecular weight excluding hydrogens is 320 g/mol. The highest BCUT2D eigenvalue weighted by Crippen LogP contribution is 2.30. The number of piperidine rings is 1. The lowest BCUT2D eigenvalue weighted by molar-refractivity contribution is -0.00454. The number of fused-ring (bicyclic) bond motifs is 1. The Hall–Kier alpha value is -1.80. The summed E-state index contributed by atoms with van der Waals surface area (Å²) < 4.78 is 37.3. The molecule has 0 bridgehead atoms. The van der Waals surface area contributed by atoms with Gasteiger partial charge in [0.25, 0.3) is 0 Å². The Balaban J connectivity index is 1.84. The molecule has 8 heteroatoms. The molecule has 2 aliphatic rings. The first-order valence-corrected chi connectivity index (χ1v) is 8.91. The van der Waals surface area contributed by atoms with Crippen molar-refractivity contribution in [1.29, 1.82) is 0 Å². The zero-order valence-corrected chi connectivity index (χ0v) is 14.0. The van der Waals surface area contributed by atoms with Gasteiger partial charge >= 0.3 is 6.09 Å². The van der Waals surface area contributed by atoms with Gasteiger partial charge in [-0.2, -0.15) is 4.31 Å². The summed E-state index contributed by atoms with van der Waals surface area (Å²) in [5, 5.41) is 0. The zero-order valence-electron chi connectivity index (χ0n) is 13.1. The predicted molar refractivity (Wildman–Crippen MR) is 82.8 cm³/mol. The largest absolute Gasteiger partial charge is 0.497 e. The maximum absolute atomic E-state index is 12.9. The summed E-state index contributed by atoms with van der Waals surface area (Å²) in [7, 11) is -0.458. The van der Waals surface area contributed by atoms with Crippen LogP contribution in [-0.2, 0) is 14.8 Å². The third kappa shape index (κ3) is 2.88. The standard InChI is InChI=1S/C15H20N2O5S/c1-16-14-9-17(7-6-11(14)10-22-15(16)18)23(19,20)13-5-3-4-12(8-13)21-2/h3-5,8,11,14H,6-7,9-10H2,1-2H3/t11-,14+/m0/s1. The van der Waals surface area contributed by atoms with E-state index in [4.69, 9.17) is 9.47 Å².